The molecule has 0 spiro atoms. The molecule has 1 fully saturated rings. The molecule has 0 aromatic heterocycles. The molecule has 28 heavy (non-hydrogen) atoms. The van der Waals surface area contributed by atoms with E-state index in [1.165, 1.54) is 5.56 Å². The Balaban J connectivity index is 0.00000392. The third-order valence-corrected chi connectivity index (χ3v) is 4.71. The zero-order valence-electron chi connectivity index (χ0n) is 16.9. The number of rotatable bonds is 10. The van der Waals surface area contributed by atoms with Gasteiger partial charge in [0.15, 0.2) is 5.96 Å². The topological polar surface area (TPSA) is 80.0 Å². The number of piperidine rings is 1. The van der Waals surface area contributed by atoms with E-state index in [0.29, 0.717) is 18.9 Å². The summed E-state index contributed by atoms with van der Waals surface area (Å²) < 4.78 is 5.72. The number of nitrogens with one attached hydrogen (secondary N) is 1. The second-order valence-corrected chi connectivity index (χ2v) is 7.11. The van der Waals surface area contributed by atoms with Crippen LogP contribution in [-0.4, -0.2) is 49.6 Å². The molecule has 3 N–H and O–H groups in total. The maximum absolute atomic E-state index is 11.2. The molecule has 1 atom stereocenters. The van der Waals surface area contributed by atoms with Crippen LogP contribution >= 0.6 is 24.0 Å². The van der Waals surface area contributed by atoms with Gasteiger partial charge in [0.05, 0.1) is 6.61 Å². The van der Waals surface area contributed by atoms with Crippen molar-refractivity contribution in [1.29, 1.82) is 0 Å². The number of carbonyl (C=O) groups is 1. The third-order valence-electron chi connectivity index (χ3n) is 4.71. The summed E-state index contributed by atoms with van der Waals surface area (Å²) in [7, 11) is 0. The first-order chi connectivity index (χ1) is 13.2. The van der Waals surface area contributed by atoms with Gasteiger partial charge >= 0.3 is 0 Å². The molecule has 1 aromatic rings. The van der Waals surface area contributed by atoms with E-state index in [1.807, 2.05) is 18.2 Å². The fraction of sp³-hybridized carbons (Fsp3) is 0.619. The normalized spacial score (nSPS) is 17.1. The fourth-order valence-electron chi connectivity index (χ4n) is 3.40. The molecule has 1 aliphatic rings. The summed E-state index contributed by atoms with van der Waals surface area (Å²) in [5, 5.41) is 3.38. The van der Waals surface area contributed by atoms with E-state index >= 15 is 0 Å². The van der Waals surface area contributed by atoms with Gasteiger partial charge in [-0.1, -0.05) is 30.3 Å². The second kappa shape index (κ2) is 14.6. The van der Waals surface area contributed by atoms with Crippen LogP contribution in [-0.2, 0) is 16.1 Å². The molecule has 6 nitrogen and oxygen atoms in total. The maximum Gasteiger partial charge on any atom is 0.217 e. The van der Waals surface area contributed by atoms with E-state index in [9.17, 15) is 4.79 Å². The molecular formula is C21H35IN4O2. The van der Waals surface area contributed by atoms with Gasteiger partial charge in [-0.15, -0.1) is 24.0 Å². The first-order valence-corrected chi connectivity index (χ1v) is 10.1. The molecule has 1 aromatic carbocycles. The van der Waals surface area contributed by atoms with E-state index < -0.39 is 0 Å². The Morgan fingerprint density at radius 1 is 1.32 bits per heavy atom. The van der Waals surface area contributed by atoms with Crippen LogP contribution in [0.3, 0.4) is 0 Å². The molecule has 1 aliphatic heterocycles. The number of hydrogen-bond acceptors (Lipinski definition) is 3. The molecule has 0 saturated carbocycles. The van der Waals surface area contributed by atoms with Crippen LogP contribution in [0.5, 0.6) is 0 Å². The highest BCUT2D eigenvalue weighted by molar-refractivity contribution is 14.0. The first-order valence-electron chi connectivity index (χ1n) is 10.1. The second-order valence-electron chi connectivity index (χ2n) is 7.11. The Morgan fingerprint density at radius 2 is 2.11 bits per heavy atom. The zero-order chi connectivity index (χ0) is 19.3. The van der Waals surface area contributed by atoms with Crippen molar-refractivity contribution in [2.45, 2.75) is 45.6 Å². The lowest BCUT2D eigenvalue weighted by Gasteiger charge is -2.34. The predicted octanol–water partition coefficient (Wildman–Crippen LogP) is 3.15. The average molecular weight is 502 g/mol. The fourth-order valence-corrected chi connectivity index (χ4v) is 3.40. The summed E-state index contributed by atoms with van der Waals surface area (Å²) in [6.45, 7) is 6.98. The Morgan fingerprint density at radius 3 is 2.82 bits per heavy atom. The van der Waals surface area contributed by atoms with Gasteiger partial charge in [-0.25, -0.2) is 0 Å². The Hall–Kier alpha value is -1.35. The van der Waals surface area contributed by atoms with Crippen molar-refractivity contribution in [1.82, 2.24) is 10.2 Å². The lowest BCUT2D eigenvalue weighted by Crippen LogP contribution is -2.47. The molecule has 1 unspecified atom stereocenters. The number of likely N-dealkylation sites (tertiary alicyclic amines) is 1. The van der Waals surface area contributed by atoms with E-state index in [-0.39, 0.29) is 29.9 Å². The minimum Gasteiger partial charge on any atom is -0.377 e. The van der Waals surface area contributed by atoms with Crippen LogP contribution in [0.15, 0.2) is 35.3 Å². The summed E-state index contributed by atoms with van der Waals surface area (Å²) in [6.07, 6.45) is 4.62. The number of hydrogen-bond donors (Lipinski definition) is 2. The number of benzene rings is 1. The number of nitrogens with zero attached hydrogens (tertiary/aromatic N) is 2. The molecule has 1 heterocycles. The Labute approximate surface area is 186 Å². The minimum atomic E-state index is -0.209. The number of aliphatic imine (C=N–C) groups is 1. The number of primary amides is 1. The van der Waals surface area contributed by atoms with Gasteiger partial charge in [-0.3, -0.25) is 9.79 Å². The van der Waals surface area contributed by atoms with Crippen molar-refractivity contribution >= 4 is 35.8 Å². The van der Waals surface area contributed by atoms with Crippen molar-refractivity contribution in [3.05, 3.63) is 35.9 Å². The van der Waals surface area contributed by atoms with Crippen LogP contribution < -0.4 is 11.1 Å². The highest BCUT2D eigenvalue weighted by Gasteiger charge is 2.23. The standard InChI is InChI=1S/C21H34N4O2.HI/c1-2-23-21(25-13-8-11-19(16-25)15-20(22)26)24-12-6-7-14-27-17-18-9-4-3-5-10-18;/h3-5,9-10,19H,2,6-8,11-17H2,1H3,(H2,22,26)(H,23,24);1H. The smallest absolute Gasteiger partial charge is 0.217 e. The maximum atomic E-state index is 11.2. The third kappa shape index (κ3) is 9.73. The molecule has 2 rings (SSSR count). The minimum absolute atomic E-state index is 0. The van der Waals surface area contributed by atoms with Gasteiger partial charge in [0, 0.05) is 39.2 Å². The number of unbranched alkanes of at least 4 members (excludes halogenated alkanes) is 1. The lowest BCUT2D eigenvalue weighted by atomic mass is 9.95. The molecule has 158 valence electrons. The SMILES string of the molecule is CCNC(=NCCCCOCc1ccccc1)N1CCCC(CC(N)=O)C1.I. The molecule has 7 heteroatoms. The van der Waals surface area contributed by atoms with Crippen molar-refractivity contribution in [2.75, 3.05) is 32.8 Å². The number of nitrogens with two attached hydrogens (primary N) is 1. The van der Waals surface area contributed by atoms with Crippen molar-refractivity contribution < 1.29 is 9.53 Å². The lowest BCUT2D eigenvalue weighted by molar-refractivity contribution is -0.119. The van der Waals surface area contributed by atoms with Crippen LogP contribution in [0.2, 0.25) is 0 Å². The number of carbonyl (C=O) groups excluding carboxylic acids is 1. The zero-order valence-corrected chi connectivity index (χ0v) is 19.3. The summed E-state index contributed by atoms with van der Waals surface area (Å²) in [5.74, 6) is 1.09. The number of halogens is 1. The van der Waals surface area contributed by atoms with Gasteiger partial charge in [0.2, 0.25) is 5.91 Å². The van der Waals surface area contributed by atoms with Crippen LogP contribution in [0.1, 0.15) is 44.6 Å². The van der Waals surface area contributed by atoms with E-state index in [2.05, 4.69) is 29.3 Å². The van der Waals surface area contributed by atoms with Crippen molar-refractivity contribution in [2.24, 2.45) is 16.6 Å². The molecular weight excluding hydrogens is 467 g/mol. The van der Waals surface area contributed by atoms with Gasteiger partial charge in [-0.05, 0) is 44.1 Å². The molecule has 0 aliphatic carbocycles. The predicted molar refractivity (Wildman–Crippen MR) is 125 cm³/mol. The van der Waals surface area contributed by atoms with Gasteiger partial charge in [0.25, 0.3) is 0 Å². The average Bonchev–Trinajstić information content (AvgIpc) is 2.67. The van der Waals surface area contributed by atoms with Gasteiger partial charge in [0.1, 0.15) is 0 Å². The monoisotopic (exact) mass is 502 g/mol. The van der Waals surface area contributed by atoms with Crippen molar-refractivity contribution in [3.63, 3.8) is 0 Å². The highest BCUT2D eigenvalue weighted by atomic mass is 127. The summed E-state index contributed by atoms with van der Waals surface area (Å²) in [5.41, 5.74) is 6.57. The van der Waals surface area contributed by atoms with Crippen LogP contribution in [0.4, 0.5) is 0 Å². The van der Waals surface area contributed by atoms with Gasteiger partial charge in [-0.2, -0.15) is 0 Å². The first kappa shape index (κ1) is 24.7. The van der Waals surface area contributed by atoms with Crippen LogP contribution in [0, 0.1) is 5.92 Å². The molecule has 0 radical (unpaired) electrons. The highest BCUT2D eigenvalue weighted by Crippen LogP contribution is 2.19. The van der Waals surface area contributed by atoms with Gasteiger partial charge < -0.3 is 20.7 Å². The summed E-state index contributed by atoms with van der Waals surface area (Å²) in [4.78, 5) is 18.2. The van der Waals surface area contributed by atoms with Crippen LogP contribution in [0.25, 0.3) is 0 Å². The Bertz CT molecular complexity index is 583. The van der Waals surface area contributed by atoms with Crippen molar-refractivity contribution in [3.8, 4) is 0 Å². The number of amides is 1. The number of ether oxygens (including phenoxy) is 1. The molecule has 0 bridgehead atoms. The largest absolute Gasteiger partial charge is 0.377 e. The molecule has 1 amide bonds. The molecule has 1 saturated heterocycles. The number of guanidine groups is 1. The summed E-state index contributed by atoms with van der Waals surface area (Å²) in [6, 6.07) is 10.2. The summed E-state index contributed by atoms with van der Waals surface area (Å²) >= 11 is 0. The van der Waals surface area contributed by atoms with E-state index in [1.54, 1.807) is 0 Å². The quantitative estimate of drug-likeness (QED) is 0.223. The van der Waals surface area contributed by atoms with E-state index in [4.69, 9.17) is 15.5 Å². The Kier molecular flexibility index (Phi) is 12.9. The van der Waals surface area contributed by atoms with E-state index in [0.717, 1.165) is 64.4 Å².